The SMILES string of the molecule is COc1cccc(C(=O)Nc2cccc(CN(C(=O)c3cc(F)cc(F)c3)C3CCC(N)CC3)c2)c1. The molecule has 0 aliphatic heterocycles. The third-order valence-electron chi connectivity index (χ3n) is 6.42. The maximum atomic E-state index is 13.9. The first kappa shape index (κ1) is 25.3. The maximum absolute atomic E-state index is 13.9. The second-order valence-corrected chi connectivity index (χ2v) is 9.05. The number of rotatable bonds is 7. The van der Waals surface area contributed by atoms with E-state index in [1.807, 2.05) is 6.07 Å². The molecule has 0 aromatic heterocycles. The molecule has 8 heteroatoms. The van der Waals surface area contributed by atoms with Crippen LogP contribution < -0.4 is 15.8 Å². The van der Waals surface area contributed by atoms with Gasteiger partial charge in [0.25, 0.3) is 11.8 Å². The van der Waals surface area contributed by atoms with E-state index >= 15 is 0 Å². The van der Waals surface area contributed by atoms with Crippen molar-refractivity contribution in [3.8, 4) is 5.75 Å². The van der Waals surface area contributed by atoms with Gasteiger partial charge in [-0.1, -0.05) is 18.2 Å². The molecule has 1 saturated carbocycles. The van der Waals surface area contributed by atoms with Crippen LogP contribution in [0.1, 0.15) is 52.0 Å². The van der Waals surface area contributed by atoms with Gasteiger partial charge in [0, 0.05) is 41.5 Å². The Morgan fingerprint density at radius 2 is 1.64 bits per heavy atom. The zero-order valence-corrected chi connectivity index (χ0v) is 20.0. The molecule has 188 valence electrons. The summed E-state index contributed by atoms with van der Waals surface area (Å²) in [6.45, 7) is 0.222. The van der Waals surface area contributed by atoms with Gasteiger partial charge < -0.3 is 20.7 Å². The summed E-state index contributed by atoms with van der Waals surface area (Å²) in [4.78, 5) is 27.8. The Hall–Kier alpha value is -3.78. The monoisotopic (exact) mass is 493 g/mol. The number of carbonyl (C=O) groups is 2. The standard InChI is InChI=1S/C28H29F2N3O3/c1-36-26-7-3-5-19(15-26)27(34)32-24-6-2-4-18(12-24)17-33(25-10-8-23(31)9-11-25)28(35)20-13-21(29)16-22(30)14-20/h2-7,12-16,23,25H,8-11,17,31H2,1H3,(H,32,34). The Balaban J connectivity index is 1.56. The Labute approximate surface area is 209 Å². The van der Waals surface area contributed by atoms with E-state index in [1.165, 1.54) is 7.11 Å². The number of hydrogen-bond donors (Lipinski definition) is 2. The summed E-state index contributed by atoms with van der Waals surface area (Å²) in [6, 6.07) is 16.8. The zero-order chi connectivity index (χ0) is 25.7. The molecule has 0 bridgehead atoms. The Bertz CT molecular complexity index is 1220. The van der Waals surface area contributed by atoms with Crippen molar-refractivity contribution in [1.82, 2.24) is 4.90 Å². The molecule has 0 saturated heterocycles. The van der Waals surface area contributed by atoms with Crippen LogP contribution in [-0.4, -0.2) is 35.9 Å². The molecule has 1 aliphatic rings. The highest BCUT2D eigenvalue weighted by molar-refractivity contribution is 6.04. The van der Waals surface area contributed by atoms with E-state index in [9.17, 15) is 18.4 Å². The van der Waals surface area contributed by atoms with Crippen LogP contribution in [0.5, 0.6) is 5.75 Å². The average molecular weight is 494 g/mol. The molecule has 0 spiro atoms. The van der Waals surface area contributed by atoms with Crippen LogP contribution in [0.3, 0.4) is 0 Å². The number of nitrogens with one attached hydrogen (secondary N) is 1. The quantitative estimate of drug-likeness (QED) is 0.478. The number of amides is 2. The molecule has 3 aromatic rings. The van der Waals surface area contributed by atoms with Gasteiger partial charge in [0.1, 0.15) is 17.4 Å². The third kappa shape index (κ3) is 6.26. The number of anilines is 1. The van der Waals surface area contributed by atoms with E-state index in [1.54, 1.807) is 47.4 Å². The Morgan fingerprint density at radius 1 is 0.944 bits per heavy atom. The van der Waals surface area contributed by atoms with Crippen LogP contribution in [0.4, 0.5) is 14.5 Å². The molecular weight excluding hydrogens is 464 g/mol. The lowest BCUT2D eigenvalue weighted by Crippen LogP contribution is -2.44. The first-order valence-electron chi connectivity index (χ1n) is 11.9. The highest BCUT2D eigenvalue weighted by Crippen LogP contribution is 2.27. The minimum Gasteiger partial charge on any atom is -0.497 e. The van der Waals surface area contributed by atoms with Crippen LogP contribution >= 0.6 is 0 Å². The predicted octanol–water partition coefficient (Wildman–Crippen LogP) is 5.14. The highest BCUT2D eigenvalue weighted by Gasteiger charge is 2.29. The molecular formula is C28H29F2N3O3. The molecule has 4 rings (SSSR count). The zero-order valence-electron chi connectivity index (χ0n) is 20.0. The summed E-state index contributed by atoms with van der Waals surface area (Å²) in [5, 5.41) is 2.87. The number of carbonyl (C=O) groups excluding carboxylic acids is 2. The van der Waals surface area contributed by atoms with Crippen molar-refractivity contribution in [3.63, 3.8) is 0 Å². The number of methoxy groups -OCH3 is 1. The molecule has 36 heavy (non-hydrogen) atoms. The second kappa shape index (κ2) is 11.3. The minimum absolute atomic E-state index is 0.0372. The number of nitrogens with zero attached hydrogens (tertiary/aromatic N) is 1. The van der Waals surface area contributed by atoms with Crippen molar-refractivity contribution in [2.45, 2.75) is 44.3 Å². The number of nitrogens with two attached hydrogens (primary N) is 1. The minimum atomic E-state index is -0.800. The highest BCUT2D eigenvalue weighted by atomic mass is 19.1. The molecule has 0 radical (unpaired) electrons. The molecule has 2 amide bonds. The summed E-state index contributed by atoms with van der Waals surface area (Å²) < 4.78 is 32.9. The normalized spacial score (nSPS) is 17.3. The van der Waals surface area contributed by atoms with E-state index < -0.39 is 17.5 Å². The number of benzene rings is 3. The molecule has 3 N–H and O–H groups in total. The average Bonchev–Trinajstić information content (AvgIpc) is 2.87. The van der Waals surface area contributed by atoms with Crippen molar-refractivity contribution in [2.24, 2.45) is 5.73 Å². The van der Waals surface area contributed by atoms with Gasteiger partial charge in [0.05, 0.1) is 7.11 Å². The Morgan fingerprint density at radius 3 is 2.33 bits per heavy atom. The first-order chi connectivity index (χ1) is 17.3. The van der Waals surface area contributed by atoms with Crippen molar-refractivity contribution in [3.05, 3.63) is 95.1 Å². The van der Waals surface area contributed by atoms with Gasteiger partial charge >= 0.3 is 0 Å². The van der Waals surface area contributed by atoms with Crippen LogP contribution in [-0.2, 0) is 6.54 Å². The van der Waals surface area contributed by atoms with Crippen LogP contribution in [0, 0.1) is 11.6 Å². The fraction of sp³-hybridized carbons (Fsp3) is 0.286. The van der Waals surface area contributed by atoms with E-state index in [2.05, 4.69) is 5.32 Å². The lowest BCUT2D eigenvalue weighted by atomic mass is 9.90. The van der Waals surface area contributed by atoms with Crippen molar-refractivity contribution in [2.75, 3.05) is 12.4 Å². The summed E-state index contributed by atoms with van der Waals surface area (Å²) >= 11 is 0. The van der Waals surface area contributed by atoms with Crippen molar-refractivity contribution >= 4 is 17.5 Å². The molecule has 0 heterocycles. The van der Waals surface area contributed by atoms with Gasteiger partial charge in [-0.25, -0.2) is 8.78 Å². The van der Waals surface area contributed by atoms with E-state index in [0.717, 1.165) is 36.6 Å². The number of halogens is 2. The number of ether oxygens (including phenoxy) is 1. The van der Waals surface area contributed by atoms with Gasteiger partial charge in [-0.3, -0.25) is 9.59 Å². The fourth-order valence-electron chi connectivity index (χ4n) is 4.53. The molecule has 3 aromatic carbocycles. The first-order valence-corrected chi connectivity index (χ1v) is 11.9. The largest absolute Gasteiger partial charge is 0.497 e. The smallest absolute Gasteiger partial charge is 0.255 e. The topological polar surface area (TPSA) is 84.7 Å². The summed E-state index contributed by atoms with van der Waals surface area (Å²) in [5.41, 5.74) is 7.81. The maximum Gasteiger partial charge on any atom is 0.255 e. The fourth-order valence-corrected chi connectivity index (χ4v) is 4.53. The summed E-state index contributed by atoms with van der Waals surface area (Å²) in [6.07, 6.45) is 2.94. The van der Waals surface area contributed by atoms with Crippen LogP contribution in [0.25, 0.3) is 0 Å². The van der Waals surface area contributed by atoms with Crippen molar-refractivity contribution in [1.29, 1.82) is 0 Å². The van der Waals surface area contributed by atoms with E-state index in [-0.39, 0.29) is 30.1 Å². The lowest BCUT2D eigenvalue weighted by Gasteiger charge is -2.36. The molecule has 1 aliphatic carbocycles. The second-order valence-electron chi connectivity index (χ2n) is 9.05. The van der Waals surface area contributed by atoms with Gasteiger partial charge in [0.15, 0.2) is 0 Å². The summed E-state index contributed by atoms with van der Waals surface area (Å²) in [7, 11) is 1.53. The Kier molecular flexibility index (Phi) is 7.95. The number of hydrogen-bond acceptors (Lipinski definition) is 4. The van der Waals surface area contributed by atoms with Gasteiger partial charge in [-0.2, -0.15) is 0 Å². The molecule has 0 atom stereocenters. The van der Waals surface area contributed by atoms with E-state index in [0.29, 0.717) is 29.8 Å². The molecule has 1 fully saturated rings. The lowest BCUT2D eigenvalue weighted by molar-refractivity contribution is 0.0605. The predicted molar refractivity (Wildman–Crippen MR) is 134 cm³/mol. The van der Waals surface area contributed by atoms with Crippen molar-refractivity contribution < 1.29 is 23.1 Å². The van der Waals surface area contributed by atoms with Crippen LogP contribution in [0.2, 0.25) is 0 Å². The van der Waals surface area contributed by atoms with Gasteiger partial charge in [0.2, 0.25) is 0 Å². The third-order valence-corrected chi connectivity index (χ3v) is 6.42. The van der Waals surface area contributed by atoms with Gasteiger partial charge in [-0.15, -0.1) is 0 Å². The van der Waals surface area contributed by atoms with E-state index in [4.69, 9.17) is 10.5 Å². The van der Waals surface area contributed by atoms with Crippen LogP contribution in [0.15, 0.2) is 66.7 Å². The molecule has 0 unspecified atom stereocenters. The molecule has 6 nitrogen and oxygen atoms in total. The summed E-state index contributed by atoms with van der Waals surface area (Å²) in [5.74, 6) is -1.76. The van der Waals surface area contributed by atoms with Gasteiger partial charge in [-0.05, 0) is 73.7 Å².